The molecule has 2 rings (SSSR count). The molecule has 8 heteroatoms. The molecule has 20 heavy (non-hydrogen) atoms. The van der Waals surface area contributed by atoms with E-state index >= 15 is 0 Å². The minimum Gasteiger partial charge on any atom is -0.355 e. The van der Waals surface area contributed by atoms with Gasteiger partial charge in [-0.1, -0.05) is 0 Å². The molecule has 0 aliphatic carbocycles. The zero-order valence-corrected chi connectivity index (χ0v) is 11.1. The van der Waals surface area contributed by atoms with Crippen LogP contribution in [0.3, 0.4) is 0 Å². The van der Waals surface area contributed by atoms with Crippen molar-refractivity contribution in [3.8, 4) is 11.4 Å². The summed E-state index contributed by atoms with van der Waals surface area (Å²) in [4.78, 5) is 10.5. The predicted molar refractivity (Wildman–Crippen MR) is 71.9 cm³/mol. The van der Waals surface area contributed by atoms with Crippen LogP contribution in [0.2, 0.25) is 0 Å². The Morgan fingerprint density at radius 1 is 1.40 bits per heavy atom. The van der Waals surface area contributed by atoms with Gasteiger partial charge >= 0.3 is 0 Å². The van der Waals surface area contributed by atoms with E-state index in [1.54, 1.807) is 4.57 Å². The van der Waals surface area contributed by atoms with Crippen molar-refractivity contribution in [3.63, 3.8) is 0 Å². The third-order valence-corrected chi connectivity index (χ3v) is 2.80. The first kappa shape index (κ1) is 13.9. The highest BCUT2D eigenvalue weighted by Crippen LogP contribution is 2.30. The van der Waals surface area contributed by atoms with Crippen LogP contribution in [-0.4, -0.2) is 26.2 Å². The third-order valence-electron chi connectivity index (χ3n) is 2.80. The molecule has 7 nitrogen and oxygen atoms in total. The first-order chi connectivity index (χ1) is 9.58. The van der Waals surface area contributed by atoms with Crippen molar-refractivity contribution < 1.29 is 9.31 Å². The fourth-order valence-electron chi connectivity index (χ4n) is 1.94. The van der Waals surface area contributed by atoms with E-state index in [9.17, 15) is 14.5 Å². The van der Waals surface area contributed by atoms with E-state index in [-0.39, 0.29) is 17.1 Å². The van der Waals surface area contributed by atoms with Crippen LogP contribution in [-0.2, 0) is 6.54 Å². The van der Waals surface area contributed by atoms with Gasteiger partial charge in [-0.15, -0.1) is 10.2 Å². The molecule has 0 saturated carbocycles. The minimum absolute atomic E-state index is 0.119. The van der Waals surface area contributed by atoms with Gasteiger partial charge < -0.3 is 5.32 Å². The second-order valence-corrected chi connectivity index (χ2v) is 4.04. The summed E-state index contributed by atoms with van der Waals surface area (Å²) < 4.78 is 15.1. The third kappa shape index (κ3) is 2.44. The number of halogens is 1. The molecule has 0 fully saturated rings. The van der Waals surface area contributed by atoms with Gasteiger partial charge in [-0.05, 0) is 26.0 Å². The second-order valence-electron chi connectivity index (χ2n) is 4.04. The van der Waals surface area contributed by atoms with Crippen molar-refractivity contribution in [1.29, 1.82) is 0 Å². The monoisotopic (exact) mass is 279 g/mol. The molecule has 0 radical (unpaired) electrons. The maximum atomic E-state index is 13.4. The molecule has 1 N–H and O–H groups in total. The lowest BCUT2D eigenvalue weighted by atomic mass is 10.1. The Bertz CT molecular complexity index is 641. The summed E-state index contributed by atoms with van der Waals surface area (Å²) in [5, 5.41) is 21.9. The molecule has 0 atom stereocenters. The molecular weight excluding hydrogens is 265 g/mol. The molecule has 0 saturated heterocycles. The van der Waals surface area contributed by atoms with Crippen molar-refractivity contribution in [2.75, 3.05) is 11.9 Å². The van der Waals surface area contributed by atoms with E-state index in [1.165, 1.54) is 0 Å². The van der Waals surface area contributed by atoms with Gasteiger partial charge in [-0.3, -0.25) is 14.7 Å². The number of nitrogens with one attached hydrogen (secondary N) is 1. The van der Waals surface area contributed by atoms with Crippen LogP contribution in [0, 0.1) is 15.9 Å². The average molecular weight is 279 g/mol. The number of benzene rings is 1. The second kappa shape index (κ2) is 5.64. The standard InChI is InChI=1S/C12H14FN5O2/c1-3-14-12-16-15-11(17(12)4-2)9-7-8(13)5-6-10(9)18(19)20/h5-7H,3-4H2,1-2H3,(H,14,16). The molecule has 0 aliphatic rings. The van der Waals surface area contributed by atoms with E-state index in [0.717, 1.165) is 18.2 Å². The van der Waals surface area contributed by atoms with Gasteiger partial charge in [0.05, 0.1) is 10.5 Å². The Morgan fingerprint density at radius 3 is 2.75 bits per heavy atom. The highest BCUT2D eigenvalue weighted by Gasteiger charge is 2.22. The normalized spacial score (nSPS) is 10.6. The number of hydrogen-bond donors (Lipinski definition) is 1. The molecule has 0 unspecified atom stereocenters. The molecule has 2 aromatic rings. The Kier molecular flexibility index (Phi) is 3.92. The van der Waals surface area contributed by atoms with Gasteiger partial charge in [0.2, 0.25) is 5.95 Å². The fourth-order valence-corrected chi connectivity index (χ4v) is 1.94. The van der Waals surface area contributed by atoms with E-state index in [1.807, 2.05) is 13.8 Å². The minimum atomic E-state index is -0.559. The number of nitro groups is 1. The number of nitrogens with zero attached hydrogens (tertiary/aromatic N) is 4. The van der Waals surface area contributed by atoms with E-state index in [4.69, 9.17) is 0 Å². The topological polar surface area (TPSA) is 85.9 Å². The Hall–Kier alpha value is -2.51. The molecule has 0 amide bonds. The lowest BCUT2D eigenvalue weighted by Crippen LogP contribution is -2.07. The summed E-state index contributed by atoms with van der Waals surface area (Å²) in [7, 11) is 0. The van der Waals surface area contributed by atoms with Gasteiger partial charge in [-0.25, -0.2) is 4.39 Å². The molecule has 0 bridgehead atoms. The first-order valence-electron chi connectivity index (χ1n) is 6.19. The SMILES string of the molecule is CCNc1nnc(-c2cc(F)ccc2[N+](=O)[O-])n1CC. The van der Waals surface area contributed by atoms with Crippen LogP contribution in [0.5, 0.6) is 0 Å². The summed E-state index contributed by atoms with van der Waals surface area (Å²) in [6.07, 6.45) is 0. The molecule has 1 aromatic heterocycles. The van der Waals surface area contributed by atoms with Crippen molar-refractivity contribution in [1.82, 2.24) is 14.8 Å². The van der Waals surface area contributed by atoms with Gasteiger partial charge in [-0.2, -0.15) is 0 Å². The van der Waals surface area contributed by atoms with Crippen molar-refractivity contribution >= 4 is 11.6 Å². The summed E-state index contributed by atoms with van der Waals surface area (Å²) in [5.41, 5.74) is -0.0787. The molecule has 106 valence electrons. The Labute approximate surface area is 114 Å². The highest BCUT2D eigenvalue weighted by molar-refractivity contribution is 5.69. The van der Waals surface area contributed by atoms with Crippen LogP contribution in [0.15, 0.2) is 18.2 Å². The summed E-state index contributed by atoms with van der Waals surface area (Å²) in [5.74, 6) is 0.222. The maximum Gasteiger partial charge on any atom is 0.280 e. The number of nitro benzene ring substituents is 1. The number of hydrogen-bond acceptors (Lipinski definition) is 5. The van der Waals surface area contributed by atoms with Gasteiger partial charge in [0.25, 0.3) is 5.69 Å². The molecular formula is C12H14FN5O2. The summed E-state index contributed by atoms with van der Waals surface area (Å²) >= 11 is 0. The van der Waals surface area contributed by atoms with Crippen molar-refractivity contribution in [3.05, 3.63) is 34.1 Å². The zero-order chi connectivity index (χ0) is 14.7. The molecule has 0 aliphatic heterocycles. The Morgan fingerprint density at radius 2 is 2.15 bits per heavy atom. The molecule has 0 spiro atoms. The van der Waals surface area contributed by atoms with Crippen LogP contribution < -0.4 is 5.32 Å². The molecule has 1 heterocycles. The zero-order valence-electron chi connectivity index (χ0n) is 11.1. The van der Waals surface area contributed by atoms with Crippen LogP contribution in [0.1, 0.15) is 13.8 Å². The predicted octanol–water partition coefficient (Wildman–Crippen LogP) is 2.44. The smallest absolute Gasteiger partial charge is 0.280 e. The van der Waals surface area contributed by atoms with Gasteiger partial charge in [0, 0.05) is 19.2 Å². The molecule has 1 aromatic carbocycles. The Balaban J connectivity index is 2.61. The van der Waals surface area contributed by atoms with E-state index in [2.05, 4.69) is 15.5 Å². The van der Waals surface area contributed by atoms with E-state index < -0.39 is 10.7 Å². The van der Waals surface area contributed by atoms with Crippen LogP contribution in [0.25, 0.3) is 11.4 Å². The lowest BCUT2D eigenvalue weighted by molar-refractivity contribution is -0.384. The fraction of sp³-hybridized carbons (Fsp3) is 0.333. The lowest BCUT2D eigenvalue weighted by Gasteiger charge is -2.08. The van der Waals surface area contributed by atoms with Gasteiger partial charge in [0.1, 0.15) is 5.82 Å². The number of rotatable bonds is 5. The summed E-state index contributed by atoms with van der Waals surface area (Å²) in [6, 6.07) is 3.29. The number of aromatic nitrogens is 3. The van der Waals surface area contributed by atoms with Crippen molar-refractivity contribution in [2.45, 2.75) is 20.4 Å². The quantitative estimate of drug-likeness (QED) is 0.671. The van der Waals surface area contributed by atoms with Gasteiger partial charge in [0.15, 0.2) is 5.82 Å². The summed E-state index contributed by atoms with van der Waals surface area (Å²) in [6.45, 7) is 4.92. The van der Waals surface area contributed by atoms with E-state index in [0.29, 0.717) is 19.0 Å². The maximum absolute atomic E-state index is 13.4. The number of anilines is 1. The first-order valence-corrected chi connectivity index (χ1v) is 6.19. The van der Waals surface area contributed by atoms with Crippen molar-refractivity contribution in [2.24, 2.45) is 0 Å². The van der Waals surface area contributed by atoms with Crippen LogP contribution in [0.4, 0.5) is 16.0 Å². The average Bonchev–Trinajstić information content (AvgIpc) is 2.81. The highest BCUT2D eigenvalue weighted by atomic mass is 19.1. The van der Waals surface area contributed by atoms with Crippen LogP contribution >= 0.6 is 0 Å². The largest absolute Gasteiger partial charge is 0.355 e.